The molecular weight excluding hydrogens is 380 g/mol. The molecule has 0 N–H and O–H groups in total. The zero-order chi connectivity index (χ0) is 19.7. The zero-order valence-corrected chi connectivity index (χ0v) is 16.0. The molecule has 0 fully saturated rings. The highest BCUT2D eigenvalue weighted by Crippen LogP contribution is 2.27. The Hall–Kier alpha value is -2.30. The molecule has 0 saturated carbocycles. The highest BCUT2D eigenvalue weighted by molar-refractivity contribution is 7.90. The van der Waals surface area contributed by atoms with Gasteiger partial charge in [-0.1, -0.05) is 12.1 Å². The van der Waals surface area contributed by atoms with Crippen molar-refractivity contribution in [3.05, 3.63) is 64.2 Å². The number of hydrogen-bond donors (Lipinski definition) is 0. The fraction of sp³-hybridized carbons (Fsp3) is 0.250. The normalized spacial score (nSPS) is 13.5. The van der Waals surface area contributed by atoms with Crippen molar-refractivity contribution in [1.29, 1.82) is 0 Å². The summed E-state index contributed by atoms with van der Waals surface area (Å²) in [4.78, 5) is 10.2. The van der Waals surface area contributed by atoms with Crippen molar-refractivity contribution in [3.63, 3.8) is 0 Å². The molecule has 0 aliphatic rings. The molecule has 0 aromatic heterocycles. The molecule has 0 aliphatic carbocycles. The van der Waals surface area contributed by atoms with Crippen LogP contribution in [0, 0.1) is 10.1 Å². The van der Waals surface area contributed by atoms with E-state index in [-0.39, 0.29) is 15.5 Å². The molecule has 2 rings (SSSR count). The van der Waals surface area contributed by atoms with Gasteiger partial charge < -0.3 is 0 Å². The molecule has 0 saturated heterocycles. The number of sulfonamides is 1. The lowest BCUT2D eigenvalue weighted by atomic mass is 10.1. The van der Waals surface area contributed by atoms with Crippen LogP contribution < -0.4 is 0 Å². The number of nitro groups is 1. The Balaban J connectivity index is 2.30. The molecule has 0 amide bonds. The Kier molecular flexibility index (Phi) is 5.49. The smallest absolute Gasteiger partial charge is 0.258 e. The van der Waals surface area contributed by atoms with E-state index < -0.39 is 30.8 Å². The Morgan fingerprint density at radius 1 is 0.923 bits per heavy atom. The van der Waals surface area contributed by atoms with Crippen LogP contribution in [0.1, 0.15) is 18.5 Å². The first-order chi connectivity index (χ1) is 11.9. The zero-order valence-electron chi connectivity index (χ0n) is 14.4. The second-order valence-electron chi connectivity index (χ2n) is 5.79. The van der Waals surface area contributed by atoms with E-state index in [1.807, 2.05) is 0 Å². The van der Waals surface area contributed by atoms with E-state index in [1.54, 1.807) is 19.1 Å². The Bertz CT molecular complexity index is 1010. The van der Waals surface area contributed by atoms with Gasteiger partial charge in [-0.3, -0.25) is 10.1 Å². The van der Waals surface area contributed by atoms with E-state index in [0.29, 0.717) is 5.56 Å². The van der Waals surface area contributed by atoms with Crippen molar-refractivity contribution in [2.24, 2.45) is 0 Å². The van der Waals surface area contributed by atoms with Crippen molar-refractivity contribution >= 4 is 25.5 Å². The molecule has 10 heteroatoms. The number of rotatable bonds is 6. The first kappa shape index (κ1) is 20.0. The van der Waals surface area contributed by atoms with E-state index in [2.05, 4.69) is 0 Å². The number of nitro benzene ring substituents is 1. The van der Waals surface area contributed by atoms with Crippen molar-refractivity contribution in [2.45, 2.75) is 22.8 Å². The predicted octanol–water partition coefficient (Wildman–Crippen LogP) is 2.38. The van der Waals surface area contributed by atoms with Crippen LogP contribution in [0.25, 0.3) is 0 Å². The largest absolute Gasteiger partial charge is 0.269 e. The quantitative estimate of drug-likeness (QED) is 0.545. The van der Waals surface area contributed by atoms with Crippen molar-refractivity contribution in [2.75, 3.05) is 13.3 Å². The maximum atomic E-state index is 12.7. The lowest BCUT2D eigenvalue weighted by Crippen LogP contribution is -2.29. The first-order valence-corrected chi connectivity index (χ1v) is 10.8. The number of benzene rings is 2. The lowest BCUT2D eigenvalue weighted by Gasteiger charge is -2.24. The summed E-state index contributed by atoms with van der Waals surface area (Å²) >= 11 is 0. The third kappa shape index (κ3) is 4.09. The summed E-state index contributed by atoms with van der Waals surface area (Å²) in [6.45, 7) is 1.67. The summed E-state index contributed by atoms with van der Waals surface area (Å²) < 4.78 is 49.6. The van der Waals surface area contributed by atoms with Gasteiger partial charge in [0.1, 0.15) is 0 Å². The standard InChI is InChI=1S/C16H18N2O6S2/c1-12(13-4-8-15(9-5-13)25(3,21)22)17(2)26(23,24)16-10-6-14(7-11-16)18(19)20/h4-12H,1-3H3. The minimum absolute atomic E-state index is 0.0646. The maximum absolute atomic E-state index is 12.7. The molecule has 2 aromatic carbocycles. The molecule has 0 heterocycles. The van der Waals surface area contributed by atoms with Crippen molar-refractivity contribution in [3.8, 4) is 0 Å². The fourth-order valence-electron chi connectivity index (χ4n) is 2.32. The predicted molar refractivity (Wildman–Crippen MR) is 96.0 cm³/mol. The molecule has 0 aliphatic heterocycles. The van der Waals surface area contributed by atoms with Gasteiger partial charge in [-0.05, 0) is 36.8 Å². The van der Waals surface area contributed by atoms with Crippen molar-refractivity contribution in [1.82, 2.24) is 4.31 Å². The van der Waals surface area contributed by atoms with Crippen LogP contribution in [0.4, 0.5) is 5.69 Å². The highest BCUT2D eigenvalue weighted by Gasteiger charge is 2.27. The van der Waals surface area contributed by atoms with Crippen LogP contribution in [0.15, 0.2) is 58.3 Å². The van der Waals surface area contributed by atoms with Gasteiger partial charge in [-0.15, -0.1) is 0 Å². The molecule has 1 unspecified atom stereocenters. The number of hydrogen-bond acceptors (Lipinski definition) is 6. The first-order valence-electron chi connectivity index (χ1n) is 7.47. The topological polar surface area (TPSA) is 115 Å². The van der Waals surface area contributed by atoms with Gasteiger partial charge in [0.25, 0.3) is 5.69 Å². The second kappa shape index (κ2) is 7.14. The highest BCUT2D eigenvalue weighted by atomic mass is 32.2. The summed E-state index contributed by atoms with van der Waals surface area (Å²) in [7, 11) is -5.82. The van der Waals surface area contributed by atoms with Crippen LogP contribution in [-0.2, 0) is 19.9 Å². The van der Waals surface area contributed by atoms with Gasteiger partial charge in [0.15, 0.2) is 9.84 Å². The second-order valence-corrected chi connectivity index (χ2v) is 9.80. The summed E-state index contributed by atoms with van der Waals surface area (Å²) in [5.41, 5.74) is 0.418. The molecule has 140 valence electrons. The van der Waals surface area contributed by atoms with Gasteiger partial charge in [-0.2, -0.15) is 4.31 Å². The third-order valence-electron chi connectivity index (χ3n) is 4.06. The van der Waals surface area contributed by atoms with E-state index in [0.717, 1.165) is 22.7 Å². The van der Waals surface area contributed by atoms with E-state index in [9.17, 15) is 26.9 Å². The Labute approximate surface area is 152 Å². The summed E-state index contributed by atoms with van der Waals surface area (Å²) in [6.07, 6.45) is 1.09. The molecule has 2 aromatic rings. The molecule has 26 heavy (non-hydrogen) atoms. The SMILES string of the molecule is CC(c1ccc(S(C)(=O)=O)cc1)N(C)S(=O)(=O)c1ccc([N+](=O)[O-])cc1. The molecule has 0 spiro atoms. The van der Waals surface area contributed by atoms with Crippen LogP contribution in [0.3, 0.4) is 0 Å². The number of non-ortho nitro benzene ring substituents is 1. The lowest BCUT2D eigenvalue weighted by molar-refractivity contribution is -0.384. The van der Waals surface area contributed by atoms with Crippen LogP contribution in [0.2, 0.25) is 0 Å². The van der Waals surface area contributed by atoms with Crippen LogP contribution in [0.5, 0.6) is 0 Å². The van der Waals surface area contributed by atoms with Crippen molar-refractivity contribution < 1.29 is 21.8 Å². The fourth-order valence-corrected chi connectivity index (χ4v) is 4.30. The third-order valence-corrected chi connectivity index (χ3v) is 7.13. The van der Waals surface area contributed by atoms with Gasteiger partial charge in [-0.25, -0.2) is 16.8 Å². The average molecular weight is 398 g/mol. The molecule has 8 nitrogen and oxygen atoms in total. The summed E-state index contributed by atoms with van der Waals surface area (Å²) in [5, 5.41) is 10.7. The molecule has 1 atom stereocenters. The summed E-state index contributed by atoms with van der Waals surface area (Å²) in [6, 6.07) is 10.0. The van der Waals surface area contributed by atoms with Gasteiger partial charge in [0.05, 0.1) is 14.7 Å². The van der Waals surface area contributed by atoms with Crippen LogP contribution >= 0.6 is 0 Å². The van der Waals surface area contributed by atoms with Crippen LogP contribution in [-0.4, -0.2) is 39.4 Å². The number of sulfone groups is 1. The van der Waals surface area contributed by atoms with Gasteiger partial charge in [0, 0.05) is 31.5 Å². The molecule has 0 radical (unpaired) electrons. The van der Waals surface area contributed by atoms with E-state index >= 15 is 0 Å². The molecular formula is C16H18N2O6S2. The number of nitrogens with zero attached hydrogens (tertiary/aromatic N) is 2. The Morgan fingerprint density at radius 2 is 1.38 bits per heavy atom. The van der Waals surface area contributed by atoms with Gasteiger partial charge >= 0.3 is 0 Å². The maximum Gasteiger partial charge on any atom is 0.269 e. The minimum Gasteiger partial charge on any atom is -0.258 e. The van der Waals surface area contributed by atoms with Gasteiger partial charge in [0.2, 0.25) is 10.0 Å². The average Bonchev–Trinajstić information content (AvgIpc) is 2.59. The van der Waals surface area contributed by atoms with E-state index in [1.165, 1.54) is 31.3 Å². The minimum atomic E-state index is -3.87. The Morgan fingerprint density at radius 3 is 1.81 bits per heavy atom. The van der Waals surface area contributed by atoms with E-state index in [4.69, 9.17) is 0 Å². The monoisotopic (exact) mass is 398 g/mol. The summed E-state index contributed by atoms with van der Waals surface area (Å²) in [5.74, 6) is 0. The molecule has 0 bridgehead atoms.